The molecule has 0 bridgehead atoms. The fraction of sp³-hybridized carbons (Fsp3) is 0.135. The zero-order valence-corrected chi connectivity index (χ0v) is 24.3. The van der Waals surface area contributed by atoms with E-state index >= 15 is 0 Å². The van der Waals surface area contributed by atoms with Crippen LogP contribution in [0.25, 0.3) is 61.3 Å². The van der Waals surface area contributed by atoms with Gasteiger partial charge in [0.05, 0.1) is 40.3 Å². The molecule has 4 heteroatoms. The van der Waals surface area contributed by atoms with Crippen LogP contribution in [0, 0.1) is 20.8 Å². The summed E-state index contributed by atoms with van der Waals surface area (Å²) < 4.78 is 4.61. The van der Waals surface area contributed by atoms with Crippen molar-refractivity contribution < 1.29 is 0 Å². The Balaban J connectivity index is 0.00000148. The molecule has 0 unspecified atom stereocenters. The first kappa shape index (κ1) is 26.3. The average Bonchev–Trinajstić information content (AvgIpc) is 3.52. The normalized spacial score (nSPS) is 11.1. The molecule has 4 aromatic heterocycles. The maximum atomic E-state index is 4.60. The van der Waals surface area contributed by atoms with Gasteiger partial charge in [-0.25, -0.2) is 0 Å². The van der Waals surface area contributed by atoms with Gasteiger partial charge in [0, 0.05) is 45.4 Å². The van der Waals surface area contributed by atoms with Gasteiger partial charge in [-0.2, -0.15) is 0 Å². The van der Waals surface area contributed by atoms with Gasteiger partial charge in [0.1, 0.15) is 0 Å². The molecule has 4 heterocycles. The molecule has 0 saturated carbocycles. The van der Waals surface area contributed by atoms with Gasteiger partial charge in [-0.15, -0.1) is 0 Å². The molecule has 7 aromatic rings. The van der Waals surface area contributed by atoms with E-state index in [4.69, 9.17) is 0 Å². The van der Waals surface area contributed by atoms with Crippen molar-refractivity contribution >= 4 is 38.8 Å². The lowest BCUT2D eigenvalue weighted by Crippen LogP contribution is -2.03. The minimum Gasteiger partial charge on any atom is -0.308 e. The Kier molecular flexibility index (Phi) is 6.76. The number of nitrogens with zero attached hydrogens (tertiary/aromatic N) is 4. The summed E-state index contributed by atoms with van der Waals surface area (Å²) >= 11 is 0. The molecule has 0 atom stereocenters. The number of pyridine rings is 2. The summed E-state index contributed by atoms with van der Waals surface area (Å²) in [6.45, 7) is 14.5. The molecule has 0 aliphatic heterocycles. The average molecular weight is 535 g/mol. The summed E-state index contributed by atoms with van der Waals surface area (Å²) in [5.41, 5.74) is 12.4. The highest BCUT2D eigenvalue weighted by Gasteiger charge is 2.19. The summed E-state index contributed by atoms with van der Waals surface area (Å²) in [6.07, 6.45) is 9.58. The maximum absolute atomic E-state index is 4.60. The molecule has 0 fully saturated rings. The highest BCUT2D eigenvalue weighted by atomic mass is 15.0. The van der Waals surface area contributed by atoms with Crippen LogP contribution in [-0.2, 0) is 0 Å². The Bertz CT molecular complexity index is 2010. The lowest BCUT2D eigenvalue weighted by molar-refractivity contribution is 1.08. The minimum absolute atomic E-state index is 1.01. The van der Waals surface area contributed by atoms with Crippen molar-refractivity contribution in [3.8, 4) is 22.5 Å². The van der Waals surface area contributed by atoms with E-state index in [-0.39, 0.29) is 0 Å². The number of aromatic nitrogens is 4. The van der Waals surface area contributed by atoms with Gasteiger partial charge >= 0.3 is 0 Å². The number of fused-ring (bicyclic) bond motifs is 4. The Hall–Kier alpha value is -4.96. The lowest BCUT2D eigenvalue weighted by Gasteiger charge is -2.18. The van der Waals surface area contributed by atoms with Crippen LogP contribution in [-0.4, -0.2) is 19.1 Å². The number of hydrogen-bond acceptors (Lipinski definition) is 2. The summed E-state index contributed by atoms with van der Waals surface area (Å²) in [6, 6.07) is 26.3. The quantitative estimate of drug-likeness (QED) is 0.225. The molecule has 0 radical (unpaired) electrons. The summed E-state index contributed by atoms with van der Waals surface area (Å²) in [7, 11) is 0. The highest BCUT2D eigenvalue weighted by Crippen LogP contribution is 2.39. The van der Waals surface area contributed by atoms with Crippen molar-refractivity contribution in [3.63, 3.8) is 0 Å². The zero-order valence-electron chi connectivity index (χ0n) is 24.3. The van der Waals surface area contributed by atoms with Crippen molar-refractivity contribution in [1.29, 1.82) is 0 Å². The summed E-state index contributed by atoms with van der Waals surface area (Å²) in [4.78, 5) is 9.16. The molecule has 0 aliphatic carbocycles. The molecular weight excluding hydrogens is 500 g/mol. The van der Waals surface area contributed by atoms with Crippen LogP contribution in [0.2, 0.25) is 0 Å². The number of aryl methyl sites for hydroxylation is 3. The largest absolute Gasteiger partial charge is 0.308 e. The molecule has 0 amide bonds. The van der Waals surface area contributed by atoms with Crippen LogP contribution < -0.4 is 0 Å². The first-order valence-electron chi connectivity index (χ1n) is 14.2. The monoisotopic (exact) mass is 534 g/mol. The second-order valence-electron chi connectivity index (χ2n) is 10.3. The molecular formula is C37H34N4. The van der Waals surface area contributed by atoms with E-state index in [1.54, 1.807) is 0 Å². The third-order valence-electron chi connectivity index (χ3n) is 7.64. The molecule has 4 nitrogen and oxygen atoms in total. The fourth-order valence-corrected chi connectivity index (χ4v) is 5.87. The zero-order chi connectivity index (χ0) is 28.7. The van der Waals surface area contributed by atoms with Gasteiger partial charge < -0.3 is 9.13 Å². The van der Waals surface area contributed by atoms with E-state index in [2.05, 4.69) is 119 Å². The topological polar surface area (TPSA) is 35.6 Å². The Labute approximate surface area is 241 Å². The minimum atomic E-state index is 1.01. The molecule has 0 aliphatic rings. The van der Waals surface area contributed by atoms with Crippen molar-refractivity contribution in [1.82, 2.24) is 19.1 Å². The lowest BCUT2D eigenvalue weighted by atomic mass is 10.0. The molecule has 0 saturated heterocycles. The van der Waals surface area contributed by atoms with Crippen molar-refractivity contribution in [2.75, 3.05) is 0 Å². The molecule has 41 heavy (non-hydrogen) atoms. The maximum Gasteiger partial charge on any atom is 0.0724 e. The Morgan fingerprint density at radius 1 is 0.585 bits per heavy atom. The second-order valence-corrected chi connectivity index (χ2v) is 10.3. The van der Waals surface area contributed by atoms with E-state index in [1.807, 2.05) is 44.7 Å². The van der Waals surface area contributed by atoms with Crippen LogP contribution in [0.3, 0.4) is 0 Å². The van der Waals surface area contributed by atoms with Crippen LogP contribution in [0.15, 0.2) is 104 Å². The molecule has 0 spiro atoms. The number of hydrogen-bond donors (Lipinski definition) is 0. The number of benzene rings is 3. The van der Waals surface area contributed by atoms with Crippen LogP contribution in [0.5, 0.6) is 0 Å². The smallest absolute Gasteiger partial charge is 0.0724 e. The third kappa shape index (κ3) is 4.33. The van der Waals surface area contributed by atoms with E-state index in [0.717, 1.165) is 33.7 Å². The summed E-state index contributed by atoms with van der Waals surface area (Å²) in [5.74, 6) is 0. The fourth-order valence-electron chi connectivity index (χ4n) is 5.87. The van der Waals surface area contributed by atoms with Gasteiger partial charge in [-0.3, -0.25) is 9.97 Å². The first-order valence-corrected chi connectivity index (χ1v) is 14.2. The van der Waals surface area contributed by atoms with Crippen molar-refractivity contribution in [3.05, 3.63) is 127 Å². The first-order chi connectivity index (χ1) is 20.0. The standard InChI is InChI=1S/C35H28N4.C2H6/c1-5-26-19-25-16-22(2)6-9-31(25)38(26)34-20-36-14-12-27(34)28-13-15-37-21-35(28)39-32-10-7-23(3)17-29(32)30-18-24(4)8-11-33(30)39;1-2/h5-21H,1H2,2-4H3;1-2H3. The molecule has 3 aromatic carbocycles. The van der Waals surface area contributed by atoms with Gasteiger partial charge in [0.2, 0.25) is 0 Å². The van der Waals surface area contributed by atoms with E-state index in [1.165, 1.54) is 43.9 Å². The van der Waals surface area contributed by atoms with Crippen LogP contribution in [0.4, 0.5) is 0 Å². The molecule has 0 N–H and O–H groups in total. The van der Waals surface area contributed by atoms with E-state index < -0.39 is 0 Å². The van der Waals surface area contributed by atoms with Gasteiger partial charge in [0.25, 0.3) is 0 Å². The molecule has 7 rings (SSSR count). The van der Waals surface area contributed by atoms with Gasteiger partial charge in [-0.1, -0.05) is 55.3 Å². The highest BCUT2D eigenvalue weighted by molar-refractivity contribution is 6.10. The van der Waals surface area contributed by atoms with Crippen LogP contribution >= 0.6 is 0 Å². The van der Waals surface area contributed by atoms with Gasteiger partial charge in [0.15, 0.2) is 0 Å². The van der Waals surface area contributed by atoms with Crippen molar-refractivity contribution in [2.45, 2.75) is 34.6 Å². The summed E-state index contributed by atoms with van der Waals surface area (Å²) in [5, 5.41) is 3.68. The Morgan fingerprint density at radius 2 is 1.07 bits per heavy atom. The third-order valence-corrected chi connectivity index (χ3v) is 7.64. The second kappa shape index (κ2) is 10.5. The number of rotatable bonds is 4. The molecule has 202 valence electrons. The van der Waals surface area contributed by atoms with E-state index in [0.29, 0.717) is 0 Å². The van der Waals surface area contributed by atoms with Crippen LogP contribution in [0.1, 0.15) is 36.2 Å². The SMILES string of the molecule is C=Cc1cc2cc(C)ccc2n1-c1cnccc1-c1ccncc1-n1c2ccc(C)cc2c2cc(C)ccc21.CC. The Morgan fingerprint density at radius 3 is 1.61 bits per heavy atom. The van der Waals surface area contributed by atoms with E-state index in [9.17, 15) is 0 Å². The predicted octanol–water partition coefficient (Wildman–Crippen LogP) is 9.78. The van der Waals surface area contributed by atoms with Crippen molar-refractivity contribution in [2.24, 2.45) is 0 Å². The predicted molar refractivity (Wildman–Crippen MR) is 174 cm³/mol. The van der Waals surface area contributed by atoms with Gasteiger partial charge in [-0.05, 0) is 81.4 Å².